The summed E-state index contributed by atoms with van der Waals surface area (Å²) in [5.74, 6) is -4.07. The number of benzene rings is 2. The number of alkyl halides is 1. The van der Waals surface area contributed by atoms with Crippen LogP contribution in [-0.2, 0) is 0 Å². The average molecular weight is 354 g/mol. The highest BCUT2D eigenvalue weighted by molar-refractivity contribution is 9.10. The van der Waals surface area contributed by atoms with Crippen LogP contribution in [0.25, 0.3) is 0 Å². The monoisotopic (exact) mass is 352 g/mol. The van der Waals surface area contributed by atoms with Crippen molar-refractivity contribution in [3.63, 3.8) is 0 Å². The number of halogens is 6. The summed E-state index contributed by atoms with van der Waals surface area (Å²) in [5.41, 5.74) is -0.00503. The van der Waals surface area contributed by atoms with E-state index >= 15 is 0 Å². The minimum atomic E-state index is -1.30. The van der Waals surface area contributed by atoms with Crippen molar-refractivity contribution >= 4 is 27.5 Å². The van der Waals surface area contributed by atoms with Crippen LogP contribution in [0.1, 0.15) is 16.5 Å². The van der Waals surface area contributed by atoms with E-state index in [2.05, 4.69) is 15.9 Å². The first-order valence-electron chi connectivity index (χ1n) is 5.13. The van der Waals surface area contributed by atoms with Crippen LogP contribution in [0.2, 0.25) is 0 Å². The zero-order valence-electron chi connectivity index (χ0n) is 9.23. The molecule has 0 N–H and O–H groups in total. The van der Waals surface area contributed by atoms with Gasteiger partial charge in [0.2, 0.25) is 0 Å². The van der Waals surface area contributed by atoms with E-state index in [1.54, 1.807) is 0 Å². The minimum absolute atomic E-state index is 0.228. The van der Waals surface area contributed by atoms with E-state index in [9.17, 15) is 17.6 Å². The summed E-state index contributed by atoms with van der Waals surface area (Å²) in [4.78, 5) is 0. The lowest BCUT2D eigenvalue weighted by molar-refractivity contribution is 0.490. The van der Waals surface area contributed by atoms with Gasteiger partial charge in [0.1, 0.15) is 11.6 Å². The summed E-state index contributed by atoms with van der Waals surface area (Å²) in [6, 6.07) is 5.04. The quantitative estimate of drug-likeness (QED) is 0.389. The molecule has 0 aliphatic carbocycles. The zero-order chi connectivity index (χ0) is 14.2. The molecule has 0 heterocycles. The van der Waals surface area contributed by atoms with Crippen molar-refractivity contribution in [1.29, 1.82) is 0 Å². The molecule has 0 amide bonds. The molecule has 0 aliphatic heterocycles. The smallest absolute Gasteiger partial charge is 0.161 e. The molecule has 0 radical (unpaired) electrons. The van der Waals surface area contributed by atoms with E-state index in [1.807, 2.05) is 0 Å². The Labute approximate surface area is 120 Å². The molecule has 0 aliphatic rings. The normalized spacial score (nSPS) is 12.5. The molecule has 1 atom stereocenters. The summed E-state index contributed by atoms with van der Waals surface area (Å²) in [6.45, 7) is 0. The topological polar surface area (TPSA) is 0 Å². The van der Waals surface area contributed by atoms with Gasteiger partial charge in [-0.1, -0.05) is 6.07 Å². The number of hydrogen-bond acceptors (Lipinski definition) is 0. The fourth-order valence-corrected chi connectivity index (χ4v) is 2.13. The Balaban J connectivity index is 2.46. The summed E-state index contributed by atoms with van der Waals surface area (Å²) in [6.07, 6.45) is 0. The van der Waals surface area contributed by atoms with Gasteiger partial charge in [-0.3, -0.25) is 0 Å². The Kier molecular flexibility index (Phi) is 4.16. The van der Waals surface area contributed by atoms with Crippen LogP contribution < -0.4 is 0 Å². The molecule has 0 spiro atoms. The lowest BCUT2D eigenvalue weighted by atomic mass is 10.0. The molecular weight excluding hydrogens is 347 g/mol. The summed E-state index contributed by atoms with van der Waals surface area (Å²) in [7, 11) is 0. The third-order valence-corrected chi connectivity index (χ3v) is 3.68. The molecule has 2 aromatic carbocycles. The van der Waals surface area contributed by atoms with Crippen LogP contribution in [0.15, 0.2) is 34.8 Å². The van der Waals surface area contributed by atoms with Crippen molar-refractivity contribution in [2.24, 2.45) is 0 Å². The van der Waals surface area contributed by atoms with Gasteiger partial charge < -0.3 is 0 Å². The van der Waals surface area contributed by atoms with Crippen LogP contribution in [0, 0.1) is 23.3 Å². The standard InChI is InChI=1S/C13H6BrClF4/c14-8-2-1-6(3-10(8)17)13(15)7-4-11(18)12(19)5-9(7)16/h1-5,13H. The van der Waals surface area contributed by atoms with Crippen LogP contribution >= 0.6 is 27.5 Å². The van der Waals surface area contributed by atoms with Gasteiger partial charge in [0.25, 0.3) is 0 Å². The summed E-state index contributed by atoms with van der Waals surface area (Å²) >= 11 is 8.94. The first-order chi connectivity index (χ1) is 8.90. The second-order valence-corrected chi connectivity index (χ2v) is 5.11. The van der Waals surface area contributed by atoms with Crippen molar-refractivity contribution in [2.75, 3.05) is 0 Å². The second kappa shape index (κ2) is 5.51. The SMILES string of the molecule is Fc1cc(F)c(C(Cl)c2ccc(Br)c(F)c2)cc1F. The average Bonchev–Trinajstić information content (AvgIpc) is 2.36. The maximum atomic E-state index is 13.6. The minimum Gasteiger partial charge on any atom is -0.207 e. The summed E-state index contributed by atoms with van der Waals surface area (Å²) < 4.78 is 53.1. The molecule has 6 heteroatoms. The highest BCUT2D eigenvalue weighted by Crippen LogP contribution is 2.33. The van der Waals surface area contributed by atoms with E-state index in [0.717, 1.165) is 6.07 Å². The molecular formula is C13H6BrClF4. The Morgan fingerprint density at radius 2 is 1.47 bits per heavy atom. The molecule has 19 heavy (non-hydrogen) atoms. The third-order valence-electron chi connectivity index (χ3n) is 2.55. The van der Waals surface area contributed by atoms with Crippen molar-refractivity contribution in [3.8, 4) is 0 Å². The third kappa shape index (κ3) is 2.92. The molecule has 2 rings (SSSR count). The lowest BCUT2D eigenvalue weighted by Gasteiger charge is -2.12. The molecule has 0 saturated heterocycles. The Bertz CT molecular complexity index is 630. The van der Waals surface area contributed by atoms with Crippen molar-refractivity contribution in [1.82, 2.24) is 0 Å². The van der Waals surface area contributed by atoms with Gasteiger partial charge in [-0.2, -0.15) is 0 Å². The maximum Gasteiger partial charge on any atom is 0.161 e. The fourth-order valence-electron chi connectivity index (χ4n) is 1.58. The predicted molar refractivity (Wildman–Crippen MR) is 68.1 cm³/mol. The van der Waals surface area contributed by atoms with E-state index < -0.39 is 28.6 Å². The number of rotatable bonds is 2. The van der Waals surface area contributed by atoms with Crippen molar-refractivity contribution in [2.45, 2.75) is 5.38 Å². The first kappa shape index (κ1) is 14.3. The van der Waals surface area contributed by atoms with Crippen LogP contribution in [0.5, 0.6) is 0 Å². The maximum absolute atomic E-state index is 13.6. The van der Waals surface area contributed by atoms with E-state index in [-0.39, 0.29) is 15.6 Å². The van der Waals surface area contributed by atoms with Crippen molar-refractivity contribution in [3.05, 3.63) is 69.2 Å². The fraction of sp³-hybridized carbons (Fsp3) is 0.0769. The molecule has 0 nitrogen and oxygen atoms in total. The highest BCUT2D eigenvalue weighted by atomic mass is 79.9. The van der Waals surface area contributed by atoms with Crippen molar-refractivity contribution < 1.29 is 17.6 Å². The van der Waals surface area contributed by atoms with Gasteiger partial charge >= 0.3 is 0 Å². The van der Waals surface area contributed by atoms with Crippen LogP contribution in [0.4, 0.5) is 17.6 Å². The molecule has 2 aromatic rings. The van der Waals surface area contributed by atoms with Gasteiger partial charge in [0, 0.05) is 11.6 Å². The zero-order valence-corrected chi connectivity index (χ0v) is 11.6. The van der Waals surface area contributed by atoms with Crippen LogP contribution in [-0.4, -0.2) is 0 Å². The van der Waals surface area contributed by atoms with Gasteiger partial charge in [0.15, 0.2) is 11.6 Å². The molecule has 0 saturated carbocycles. The lowest BCUT2D eigenvalue weighted by Crippen LogP contribution is -2.00. The van der Waals surface area contributed by atoms with Gasteiger partial charge in [0.05, 0.1) is 9.85 Å². The molecule has 0 aromatic heterocycles. The highest BCUT2D eigenvalue weighted by Gasteiger charge is 2.19. The largest absolute Gasteiger partial charge is 0.207 e. The summed E-state index contributed by atoms with van der Waals surface area (Å²) in [5, 5.41) is -1.11. The van der Waals surface area contributed by atoms with E-state index in [1.165, 1.54) is 12.1 Å². The Morgan fingerprint density at radius 3 is 2.11 bits per heavy atom. The number of hydrogen-bond donors (Lipinski definition) is 0. The van der Waals surface area contributed by atoms with E-state index in [4.69, 9.17) is 11.6 Å². The molecule has 0 fully saturated rings. The van der Waals surface area contributed by atoms with E-state index in [0.29, 0.717) is 12.1 Å². The Morgan fingerprint density at radius 1 is 0.842 bits per heavy atom. The second-order valence-electron chi connectivity index (χ2n) is 3.82. The molecule has 0 bridgehead atoms. The van der Waals surface area contributed by atoms with Gasteiger partial charge in [-0.05, 0) is 39.7 Å². The molecule has 100 valence electrons. The van der Waals surface area contributed by atoms with Gasteiger partial charge in [-0.25, -0.2) is 17.6 Å². The van der Waals surface area contributed by atoms with Crippen LogP contribution in [0.3, 0.4) is 0 Å². The Hall–Kier alpha value is -1.07. The molecule has 1 unspecified atom stereocenters. The van der Waals surface area contributed by atoms with Gasteiger partial charge in [-0.15, -0.1) is 11.6 Å². The first-order valence-corrected chi connectivity index (χ1v) is 6.36. The predicted octanol–water partition coefficient (Wildman–Crippen LogP) is 5.33.